The summed E-state index contributed by atoms with van der Waals surface area (Å²) in [6.07, 6.45) is -2.93. The van der Waals surface area contributed by atoms with Gasteiger partial charge in [0.15, 0.2) is 5.76 Å². The number of hydrogen-bond donors (Lipinski definition) is 0. The van der Waals surface area contributed by atoms with E-state index in [0.29, 0.717) is 5.56 Å². The molecule has 0 aromatic heterocycles. The molecule has 0 bridgehead atoms. The predicted octanol–water partition coefficient (Wildman–Crippen LogP) is 6.63. The molecule has 0 unspecified atom stereocenters. The fourth-order valence-corrected chi connectivity index (χ4v) is 3.01. The molecule has 0 saturated carbocycles. The highest BCUT2D eigenvalue weighted by Gasteiger charge is 2.47. The van der Waals surface area contributed by atoms with Crippen molar-refractivity contribution in [1.82, 2.24) is 0 Å². The van der Waals surface area contributed by atoms with E-state index in [1.165, 1.54) is 26.2 Å². The van der Waals surface area contributed by atoms with Crippen LogP contribution >= 0.6 is 0 Å². The molecule has 1 aliphatic heterocycles. The zero-order valence-corrected chi connectivity index (χ0v) is 15.6. The van der Waals surface area contributed by atoms with Crippen molar-refractivity contribution >= 4 is 5.57 Å². The summed E-state index contributed by atoms with van der Waals surface area (Å²) in [5.74, 6) is -3.22. The van der Waals surface area contributed by atoms with E-state index in [1.54, 1.807) is 24.3 Å². The molecule has 0 atom stereocenters. The Hall–Kier alpha value is -3.02. The summed E-state index contributed by atoms with van der Waals surface area (Å²) in [7, 11) is 1.20. The third-order valence-electron chi connectivity index (χ3n) is 4.58. The predicted molar refractivity (Wildman–Crippen MR) is 99.5 cm³/mol. The smallest absolute Gasteiger partial charge is 0.430 e. The minimum absolute atomic E-state index is 0.00188. The second-order valence-electron chi connectivity index (χ2n) is 6.36. The van der Waals surface area contributed by atoms with Gasteiger partial charge >= 0.3 is 6.11 Å². The van der Waals surface area contributed by atoms with Crippen LogP contribution in [0.5, 0.6) is 0 Å². The molecule has 0 fully saturated rings. The standard InChI is InChI=1S/C22H18F4O2/c1-5-15-17-11-10-16(14-8-6-12(2)7-9-14)20(24)18(17)22(25,26)28-21(15)19(23)13(3)27-4/h5-11H,1H2,2-4H3/b19-13-. The molecule has 0 aliphatic carbocycles. The Balaban J connectivity index is 2.28. The molecule has 146 valence electrons. The molecule has 2 aromatic rings. The first-order valence-corrected chi connectivity index (χ1v) is 8.46. The Labute approximate surface area is 160 Å². The maximum Gasteiger partial charge on any atom is 0.430 e. The normalized spacial score (nSPS) is 16.1. The van der Waals surface area contributed by atoms with Crippen molar-refractivity contribution in [2.75, 3.05) is 7.11 Å². The van der Waals surface area contributed by atoms with Crippen molar-refractivity contribution in [1.29, 1.82) is 0 Å². The van der Waals surface area contributed by atoms with Gasteiger partial charge in [-0.2, -0.15) is 13.2 Å². The lowest BCUT2D eigenvalue weighted by Gasteiger charge is -2.29. The highest BCUT2D eigenvalue weighted by molar-refractivity contribution is 5.83. The van der Waals surface area contributed by atoms with Crippen LogP contribution in [0.25, 0.3) is 16.7 Å². The van der Waals surface area contributed by atoms with Crippen molar-refractivity contribution in [2.24, 2.45) is 0 Å². The molecule has 0 N–H and O–H groups in total. The van der Waals surface area contributed by atoms with Crippen LogP contribution in [0.3, 0.4) is 0 Å². The van der Waals surface area contributed by atoms with E-state index in [-0.39, 0.29) is 22.5 Å². The van der Waals surface area contributed by atoms with E-state index in [2.05, 4.69) is 11.3 Å². The summed E-state index contributed by atoms with van der Waals surface area (Å²) in [5.41, 5.74) is 0.175. The maximum atomic E-state index is 15.2. The highest BCUT2D eigenvalue weighted by atomic mass is 19.3. The number of fused-ring (bicyclic) bond motifs is 1. The molecular formula is C22H18F4O2. The van der Waals surface area contributed by atoms with E-state index in [9.17, 15) is 13.2 Å². The topological polar surface area (TPSA) is 18.5 Å². The van der Waals surface area contributed by atoms with Gasteiger partial charge in [0.2, 0.25) is 5.83 Å². The molecule has 28 heavy (non-hydrogen) atoms. The summed E-state index contributed by atoms with van der Waals surface area (Å²) in [5, 5.41) is 0. The Bertz CT molecular complexity index is 1000. The van der Waals surface area contributed by atoms with Gasteiger partial charge in [-0.1, -0.05) is 54.6 Å². The number of alkyl halides is 2. The van der Waals surface area contributed by atoms with E-state index in [4.69, 9.17) is 4.74 Å². The zero-order chi connectivity index (χ0) is 20.6. The van der Waals surface area contributed by atoms with Gasteiger partial charge in [-0.3, -0.25) is 0 Å². The molecule has 3 rings (SSSR count). The van der Waals surface area contributed by atoms with Crippen LogP contribution in [0.4, 0.5) is 17.6 Å². The van der Waals surface area contributed by atoms with Gasteiger partial charge < -0.3 is 9.47 Å². The van der Waals surface area contributed by atoms with Crippen LogP contribution in [0.1, 0.15) is 23.6 Å². The molecule has 0 spiro atoms. The molecule has 2 aromatic carbocycles. The Kier molecular flexibility index (Phi) is 5.06. The molecular weight excluding hydrogens is 372 g/mol. The van der Waals surface area contributed by atoms with Gasteiger partial charge in [0, 0.05) is 16.7 Å². The van der Waals surface area contributed by atoms with Gasteiger partial charge in [-0.15, -0.1) is 0 Å². The Morgan fingerprint density at radius 2 is 1.71 bits per heavy atom. The lowest BCUT2D eigenvalue weighted by molar-refractivity contribution is -0.227. The SMILES string of the molecule is C=CC1=C(/C(F)=C(\C)OC)OC(F)(F)c2c1ccc(-c1ccc(C)cc1)c2F. The van der Waals surface area contributed by atoms with E-state index >= 15 is 4.39 Å². The van der Waals surface area contributed by atoms with E-state index < -0.39 is 29.1 Å². The lowest BCUT2D eigenvalue weighted by atomic mass is 9.90. The highest BCUT2D eigenvalue weighted by Crippen LogP contribution is 2.48. The van der Waals surface area contributed by atoms with Crippen LogP contribution in [-0.4, -0.2) is 7.11 Å². The minimum atomic E-state index is -4.08. The zero-order valence-electron chi connectivity index (χ0n) is 15.6. The fourth-order valence-electron chi connectivity index (χ4n) is 3.01. The average molecular weight is 390 g/mol. The number of benzene rings is 2. The number of hydrogen-bond acceptors (Lipinski definition) is 2. The third kappa shape index (κ3) is 3.19. The van der Waals surface area contributed by atoms with E-state index in [1.807, 2.05) is 6.92 Å². The molecule has 1 aliphatic rings. The second-order valence-corrected chi connectivity index (χ2v) is 6.36. The summed E-state index contributed by atoms with van der Waals surface area (Å²) >= 11 is 0. The van der Waals surface area contributed by atoms with Gasteiger partial charge in [0.25, 0.3) is 0 Å². The van der Waals surface area contributed by atoms with Crippen molar-refractivity contribution in [3.8, 4) is 11.1 Å². The van der Waals surface area contributed by atoms with Gasteiger partial charge in [-0.05, 0) is 19.4 Å². The van der Waals surface area contributed by atoms with Crippen molar-refractivity contribution in [3.05, 3.63) is 88.9 Å². The summed E-state index contributed by atoms with van der Waals surface area (Å²) in [4.78, 5) is 0. The Morgan fingerprint density at radius 1 is 1.11 bits per heavy atom. The third-order valence-corrected chi connectivity index (χ3v) is 4.58. The van der Waals surface area contributed by atoms with Crippen molar-refractivity contribution in [3.63, 3.8) is 0 Å². The van der Waals surface area contributed by atoms with E-state index in [0.717, 1.165) is 11.6 Å². The van der Waals surface area contributed by atoms with Gasteiger partial charge in [0.05, 0.1) is 7.11 Å². The van der Waals surface area contributed by atoms with Gasteiger partial charge in [-0.25, -0.2) is 4.39 Å². The number of methoxy groups -OCH3 is 1. The molecule has 0 amide bonds. The second kappa shape index (κ2) is 7.19. The quantitative estimate of drug-likeness (QED) is 0.431. The summed E-state index contributed by atoms with van der Waals surface area (Å²) in [6, 6.07) is 9.49. The molecule has 0 radical (unpaired) electrons. The van der Waals surface area contributed by atoms with Crippen LogP contribution in [0, 0.1) is 12.7 Å². The minimum Gasteiger partial charge on any atom is -0.498 e. The van der Waals surface area contributed by atoms with Crippen molar-refractivity contribution < 1.29 is 27.0 Å². The molecule has 6 heteroatoms. The number of rotatable bonds is 4. The Morgan fingerprint density at radius 3 is 2.29 bits per heavy atom. The number of ether oxygens (including phenoxy) is 2. The van der Waals surface area contributed by atoms with Gasteiger partial charge in [0.1, 0.15) is 17.1 Å². The monoisotopic (exact) mass is 390 g/mol. The number of halogens is 4. The van der Waals surface area contributed by atoms with Crippen LogP contribution in [-0.2, 0) is 15.6 Å². The first kappa shape index (κ1) is 19.7. The average Bonchev–Trinajstić information content (AvgIpc) is 2.67. The maximum absolute atomic E-state index is 15.2. The fraction of sp³-hybridized carbons (Fsp3) is 0.182. The molecule has 2 nitrogen and oxygen atoms in total. The summed E-state index contributed by atoms with van der Waals surface area (Å²) in [6.45, 7) is 6.66. The lowest BCUT2D eigenvalue weighted by Crippen LogP contribution is -2.27. The van der Waals surface area contributed by atoms with Crippen LogP contribution in [0.2, 0.25) is 0 Å². The first-order valence-electron chi connectivity index (χ1n) is 8.46. The van der Waals surface area contributed by atoms with Crippen molar-refractivity contribution in [2.45, 2.75) is 20.0 Å². The first-order chi connectivity index (χ1) is 13.2. The summed E-state index contributed by atoms with van der Waals surface area (Å²) < 4.78 is 68.5. The largest absolute Gasteiger partial charge is 0.498 e. The van der Waals surface area contributed by atoms with Crippen LogP contribution < -0.4 is 0 Å². The number of allylic oxidation sites excluding steroid dienone is 4. The van der Waals surface area contributed by atoms with Crippen LogP contribution in [0.15, 0.2) is 66.4 Å². The number of aryl methyl sites for hydroxylation is 1. The molecule has 1 heterocycles. The molecule has 0 saturated heterocycles.